The van der Waals surface area contributed by atoms with Crippen molar-refractivity contribution in [1.29, 1.82) is 0 Å². The predicted octanol–water partition coefficient (Wildman–Crippen LogP) is 3.09. The molecule has 1 aromatic rings. The van der Waals surface area contributed by atoms with E-state index in [1.54, 1.807) is 24.3 Å². The second-order valence-electron chi connectivity index (χ2n) is 5.71. The average molecular weight is 288 g/mol. The zero-order chi connectivity index (χ0) is 15.2. The molecule has 1 saturated heterocycles. The van der Waals surface area contributed by atoms with Crippen LogP contribution in [0.15, 0.2) is 24.3 Å². The van der Waals surface area contributed by atoms with Crippen molar-refractivity contribution in [2.45, 2.75) is 45.6 Å². The van der Waals surface area contributed by atoms with Gasteiger partial charge in [-0.05, 0) is 57.0 Å². The van der Waals surface area contributed by atoms with Gasteiger partial charge in [-0.25, -0.2) is 0 Å². The first-order chi connectivity index (χ1) is 10.1. The van der Waals surface area contributed by atoms with Crippen LogP contribution in [0.25, 0.3) is 0 Å². The van der Waals surface area contributed by atoms with Gasteiger partial charge >= 0.3 is 0 Å². The fourth-order valence-corrected chi connectivity index (χ4v) is 2.90. The Labute approximate surface area is 126 Å². The number of benzene rings is 1. The molecule has 1 fully saturated rings. The summed E-state index contributed by atoms with van der Waals surface area (Å²) in [5.41, 5.74) is 1.41. The van der Waals surface area contributed by atoms with Crippen molar-refractivity contribution in [3.8, 4) is 0 Å². The van der Waals surface area contributed by atoms with E-state index < -0.39 is 0 Å². The number of anilines is 1. The number of ketones is 1. The summed E-state index contributed by atoms with van der Waals surface area (Å²) in [4.78, 5) is 25.6. The third-order valence-electron chi connectivity index (χ3n) is 4.14. The average Bonchev–Trinajstić information content (AvgIpc) is 2.48. The largest absolute Gasteiger partial charge is 0.325 e. The molecule has 1 atom stereocenters. The summed E-state index contributed by atoms with van der Waals surface area (Å²) in [5.74, 6) is 0.0536. The van der Waals surface area contributed by atoms with Crippen LogP contribution in [0.1, 0.15) is 49.9 Å². The maximum Gasteiger partial charge on any atom is 0.238 e. The highest BCUT2D eigenvalue weighted by Crippen LogP contribution is 2.19. The Morgan fingerprint density at radius 1 is 1.24 bits per heavy atom. The third kappa shape index (κ3) is 4.39. The fraction of sp³-hybridized carbons (Fsp3) is 0.529. The molecule has 4 nitrogen and oxygen atoms in total. The van der Waals surface area contributed by atoms with E-state index in [1.165, 1.54) is 26.2 Å². The van der Waals surface area contributed by atoms with Crippen LogP contribution in [0, 0.1) is 0 Å². The van der Waals surface area contributed by atoms with Crippen LogP contribution < -0.4 is 5.32 Å². The summed E-state index contributed by atoms with van der Waals surface area (Å²) in [6, 6.07) is 7.58. The van der Waals surface area contributed by atoms with Gasteiger partial charge in [0.15, 0.2) is 5.78 Å². The molecule has 21 heavy (non-hydrogen) atoms. The van der Waals surface area contributed by atoms with Gasteiger partial charge in [-0.1, -0.05) is 13.3 Å². The predicted molar refractivity (Wildman–Crippen MR) is 84.6 cm³/mol. The van der Waals surface area contributed by atoms with Crippen molar-refractivity contribution in [3.05, 3.63) is 29.8 Å². The number of carbonyl (C=O) groups is 2. The molecule has 1 heterocycles. The number of Topliss-reactive ketones (excluding diaryl/α,β-unsaturated/α-hetero) is 1. The molecule has 0 spiro atoms. The lowest BCUT2D eigenvalue weighted by Crippen LogP contribution is -2.43. The van der Waals surface area contributed by atoms with Gasteiger partial charge in [-0.3, -0.25) is 14.5 Å². The second-order valence-corrected chi connectivity index (χ2v) is 5.71. The first-order valence-electron chi connectivity index (χ1n) is 7.75. The van der Waals surface area contributed by atoms with Crippen LogP contribution in [-0.2, 0) is 4.79 Å². The van der Waals surface area contributed by atoms with Gasteiger partial charge in [0, 0.05) is 17.3 Å². The number of nitrogens with one attached hydrogen (secondary N) is 1. The molecule has 1 aliphatic heterocycles. The first kappa shape index (κ1) is 15.7. The van der Waals surface area contributed by atoms with E-state index in [0.717, 1.165) is 18.7 Å². The van der Waals surface area contributed by atoms with Gasteiger partial charge in [0.1, 0.15) is 0 Å². The maximum absolute atomic E-state index is 12.1. The maximum atomic E-state index is 12.1. The molecular formula is C17H24N2O2. The second kappa shape index (κ2) is 7.36. The zero-order valence-electron chi connectivity index (χ0n) is 12.9. The molecule has 114 valence electrons. The van der Waals surface area contributed by atoms with Gasteiger partial charge in [0.25, 0.3) is 0 Å². The Hall–Kier alpha value is -1.68. The van der Waals surface area contributed by atoms with Crippen molar-refractivity contribution in [3.63, 3.8) is 0 Å². The van der Waals surface area contributed by atoms with Crippen LogP contribution in [0.3, 0.4) is 0 Å². The Balaban J connectivity index is 1.90. The number of carbonyl (C=O) groups excluding carboxylic acids is 2. The molecule has 1 aliphatic rings. The smallest absolute Gasteiger partial charge is 0.238 e. The van der Waals surface area contributed by atoms with Crippen LogP contribution >= 0.6 is 0 Å². The third-order valence-corrected chi connectivity index (χ3v) is 4.14. The molecule has 0 radical (unpaired) electrons. The van der Waals surface area contributed by atoms with E-state index in [0.29, 0.717) is 18.2 Å². The number of rotatable bonds is 5. The minimum absolute atomic E-state index is 0.0194. The number of amides is 1. The van der Waals surface area contributed by atoms with Crippen LogP contribution in [0.2, 0.25) is 0 Å². The fourth-order valence-electron chi connectivity index (χ4n) is 2.90. The molecule has 1 N–H and O–H groups in total. The lowest BCUT2D eigenvalue weighted by Gasteiger charge is -2.34. The lowest BCUT2D eigenvalue weighted by molar-refractivity contribution is -0.118. The SMILES string of the molecule is CCC1CCCCN1CC(=O)Nc1ccc(C(C)=O)cc1. The molecule has 0 saturated carbocycles. The number of piperidine rings is 1. The molecule has 0 aromatic heterocycles. The van der Waals surface area contributed by atoms with E-state index in [9.17, 15) is 9.59 Å². The molecule has 1 unspecified atom stereocenters. The van der Waals surface area contributed by atoms with Crippen molar-refractivity contribution < 1.29 is 9.59 Å². The summed E-state index contributed by atoms with van der Waals surface area (Å²) in [7, 11) is 0. The summed E-state index contributed by atoms with van der Waals surface area (Å²) in [6.07, 6.45) is 4.73. The highest BCUT2D eigenvalue weighted by molar-refractivity contribution is 5.96. The molecule has 1 amide bonds. The lowest BCUT2D eigenvalue weighted by atomic mass is 10.00. The Morgan fingerprint density at radius 2 is 1.95 bits per heavy atom. The summed E-state index contributed by atoms with van der Waals surface area (Å²) >= 11 is 0. The van der Waals surface area contributed by atoms with Crippen molar-refractivity contribution in [2.75, 3.05) is 18.4 Å². The van der Waals surface area contributed by atoms with Crippen LogP contribution in [-0.4, -0.2) is 35.7 Å². The standard InChI is InChI=1S/C17H24N2O2/c1-3-16-6-4-5-11-19(16)12-17(21)18-15-9-7-14(8-10-15)13(2)20/h7-10,16H,3-6,11-12H2,1-2H3,(H,18,21). The molecule has 0 aliphatic carbocycles. The summed E-state index contributed by atoms with van der Waals surface area (Å²) < 4.78 is 0. The zero-order valence-corrected chi connectivity index (χ0v) is 12.9. The van der Waals surface area contributed by atoms with Gasteiger partial charge in [-0.15, -0.1) is 0 Å². The molecule has 2 rings (SSSR count). The quantitative estimate of drug-likeness (QED) is 0.847. The van der Waals surface area contributed by atoms with E-state index in [-0.39, 0.29) is 11.7 Å². The van der Waals surface area contributed by atoms with Gasteiger partial charge < -0.3 is 5.32 Å². The first-order valence-corrected chi connectivity index (χ1v) is 7.75. The monoisotopic (exact) mass is 288 g/mol. The Morgan fingerprint density at radius 3 is 2.57 bits per heavy atom. The van der Waals surface area contributed by atoms with Gasteiger partial charge in [0.05, 0.1) is 6.54 Å². The molecule has 1 aromatic carbocycles. The Kier molecular flexibility index (Phi) is 5.51. The van der Waals surface area contributed by atoms with E-state index in [2.05, 4.69) is 17.1 Å². The summed E-state index contributed by atoms with van der Waals surface area (Å²) in [5, 5.41) is 2.91. The van der Waals surface area contributed by atoms with Gasteiger partial charge in [0.2, 0.25) is 5.91 Å². The van der Waals surface area contributed by atoms with Crippen molar-refractivity contribution in [2.24, 2.45) is 0 Å². The topological polar surface area (TPSA) is 49.4 Å². The van der Waals surface area contributed by atoms with Crippen LogP contribution in [0.4, 0.5) is 5.69 Å². The van der Waals surface area contributed by atoms with Crippen molar-refractivity contribution in [1.82, 2.24) is 4.90 Å². The summed E-state index contributed by atoms with van der Waals surface area (Å²) in [6.45, 7) is 5.18. The number of hydrogen-bond acceptors (Lipinski definition) is 3. The normalized spacial score (nSPS) is 19.2. The molecular weight excluding hydrogens is 264 g/mol. The number of hydrogen-bond donors (Lipinski definition) is 1. The van der Waals surface area contributed by atoms with Crippen LogP contribution in [0.5, 0.6) is 0 Å². The van der Waals surface area contributed by atoms with E-state index >= 15 is 0 Å². The minimum atomic E-state index is 0.0194. The number of likely N-dealkylation sites (tertiary alicyclic amines) is 1. The van der Waals surface area contributed by atoms with Gasteiger partial charge in [-0.2, -0.15) is 0 Å². The minimum Gasteiger partial charge on any atom is -0.325 e. The highest BCUT2D eigenvalue weighted by Gasteiger charge is 2.22. The van der Waals surface area contributed by atoms with Crippen molar-refractivity contribution >= 4 is 17.4 Å². The highest BCUT2D eigenvalue weighted by atomic mass is 16.2. The number of nitrogens with zero attached hydrogens (tertiary/aromatic N) is 1. The molecule has 4 heteroatoms. The molecule has 0 bridgehead atoms. The van der Waals surface area contributed by atoms with E-state index in [4.69, 9.17) is 0 Å². The Bertz CT molecular complexity index is 496. The van der Waals surface area contributed by atoms with E-state index in [1.807, 2.05) is 0 Å².